The van der Waals surface area contributed by atoms with Crippen LogP contribution in [0.3, 0.4) is 0 Å². The molecule has 0 aromatic rings. The van der Waals surface area contributed by atoms with E-state index >= 15 is 0 Å². The number of aliphatic carboxylic acids is 1. The van der Waals surface area contributed by atoms with Crippen LogP contribution in [0.1, 0.15) is 19.3 Å². The monoisotopic (exact) mass is 225 g/mol. The molecule has 3 aliphatic rings. The van der Waals surface area contributed by atoms with E-state index in [2.05, 4.69) is 6.58 Å². The van der Waals surface area contributed by atoms with E-state index in [1.54, 1.807) is 0 Å². The van der Waals surface area contributed by atoms with Gasteiger partial charge < -0.3 is 9.84 Å². The number of nitrogens with zero attached hydrogens (tertiary/aromatic N) is 1. The molecule has 0 unspecified atom stereocenters. The van der Waals surface area contributed by atoms with Crippen molar-refractivity contribution in [1.82, 2.24) is 4.90 Å². The van der Waals surface area contributed by atoms with Crippen LogP contribution in [-0.2, 0) is 9.53 Å². The SMILES string of the molecule is C=CCOC(=O)N1CCC2CC1(C(=O)O)C2. The number of amides is 1. The maximum absolute atomic E-state index is 11.7. The summed E-state index contributed by atoms with van der Waals surface area (Å²) in [5, 5.41) is 9.21. The molecule has 88 valence electrons. The molecule has 5 heteroatoms. The van der Waals surface area contributed by atoms with Crippen LogP contribution in [0.25, 0.3) is 0 Å². The van der Waals surface area contributed by atoms with Crippen LogP contribution in [0, 0.1) is 5.92 Å². The highest BCUT2D eigenvalue weighted by molar-refractivity contribution is 5.86. The zero-order valence-corrected chi connectivity index (χ0v) is 9.02. The smallest absolute Gasteiger partial charge is 0.411 e. The van der Waals surface area contributed by atoms with Gasteiger partial charge in [-0.3, -0.25) is 4.90 Å². The van der Waals surface area contributed by atoms with Gasteiger partial charge in [0.1, 0.15) is 12.1 Å². The molecule has 16 heavy (non-hydrogen) atoms. The van der Waals surface area contributed by atoms with E-state index in [4.69, 9.17) is 4.74 Å². The molecule has 0 spiro atoms. The number of carbonyl (C=O) groups is 2. The average molecular weight is 225 g/mol. The van der Waals surface area contributed by atoms with Gasteiger partial charge in [-0.15, -0.1) is 0 Å². The van der Waals surface area contributed by atoms with Gasteiger partial charge in [0.05, 0.1) is 0 Å². The maximum Gasteiger partial charge on any atom is 0.411 e. The minimum Gasteiger partial charge on any atom is -0.479 e. The molecular weight excluding hydrogens is 210 g/mol. The lowest BCUT2D eigenvalue weighted by Crippen LogP contribution is -2.68. The Morgan fingerprint density at radius 1 is 1.56 bits per heavy atom. The van der Waals surface area contributed by atoms with Crippen LogP contribution in [0.15, 0.2) is 12.7 Å². The zero-order chi connectivity index (χ0) is 11.8. The van der Waals surface area contributed by atoms with E-state index in [1.807, 2.05) is 0 Å². The normalized spacial score (nSPS) is 31.5. The fraction of sp³-hybridized carbons (Fsp3) is 0.636. The summed E-state index contributed by atoms with van der Waals surface area (Å²) < 4.78 is 4.91. The number of hydrogen-bond donors (Lipinski definition) is 1. The molecule has 0 atom stereocenters. The summed E-state index contributed by atoms with van der Waals surface area (Å²) in [6, 6.07) is 0. The van der Waals surface area contributed by atoms with Gasteiger partial charge in [-0.05, 0) is 25.2 Å². The van der Waals surface area contributed by atoms with Crippen molar-refractivity contribution in [3.8, 4) is 0 Å². The summed E-state index contributed by atoms with van der Waals surface area (Å²) in [6.45, 7) is 4.05. The Hall–Kier alpha value is -1.52. The quantitative estimate of drug-likeness (QED) is 0.734. The van der Waals surface area contributed by atoms with Crippen LogP contribution in [0.2, 0.25) is 0 Å². The summed E-state index contributed by atoms with van der Waals surface area (Å²) in [5.74, 6) is -0.460. The van der Waals surface area contributed by atoms with E-state index in [9.17, 15) is 14.7 Å². The fourth-order valence-corrected chi connectivity index (χ4v) is 2.61. The number of rotatable bonds is 3. The standard InChI is InChI=1S/C11H15NO4/c1-2-5-16-10(15)12-4-3-8-6-11(12,7-8)9(13)14/h2,8H,1,3-7H2,(H,13,14). The molecular formula is C11H15NO4. The van der Waals surface area contributed by atoms with E-state index in [0.717, 1.165) is 6.42 Å². The zero-order valence-electron chi connectivity index (χ0n) is 9.02. The lowest BCUT2D eigenvalue weighted by molar-refractivity contribution is -0.167. The number of carbonyl (C=O) groups excluding carboxylic acids is 1. The van der Waals surface area contributed by atoms with Crippen LogP contribution in [-0.4, -0.2) is 40.8 Å². The molecule has 2 aliphatic heterocycles. The van der Waals surface area contributed by atoms with Crippen molar-refractivity contribution in [3.05, 3.63) is 12.7 Å². The Balaban J connectivity index is 2.09. The first-order chi connectivity index (χ1) is 7.60. The van der Waals surface area contributed by atoms with Gasteiger partial charge in [0, 0.05) is 6.54 Å². The predicted octanol–water partition coefficient (Wildman–Crippen LogP) is 1.25. The van der Waals surface area contributed by atoms with Crippen molar-refractivity contribution < 1.29 is 19.4 Å². The second-order valence-corrected chi connectivity index (χ2v) is 4.42. The second kappa shape index (κ2) is 3.81. The summed E-state index contributed by atoms with van der Waals surface area (Å²) >= 11 is 0. The van der Waals surface area contributed by atoms with Crippen molar-refractivity contribution in [2.24, 2.45) is 5.92 Å². The third-order valence-electron chi connectivity index (χ3n) is 3.47. The first-order valence-corrected chi connectivity index (χ1v) is 5.39. The van der Waals surface area contributed by atoms with Crippen molar-refractivity contribution in [3.63, 3.8) is 0 Å². The van der Waals surface area contributed by atoms with Gasteiger partial charge in [-0.25, -0.2) is 9.59 Å². The number of carboxylic acid groups (broad SMARTS) is 1. The molecule has 0 aromatic heterocycles. The van der Waals surface area contributed by atoms with Gasteiger partial charge in [-0.1, -0.05) is 12.7 Å². The molecule has 5 nitrogen and oxygen atoms in total. The van der Waals surface area contributed by atoms with E-state index < -0.39 is 17.6 Å². The predicted molar refractivity (Wildman–Crippen MR) is 56.0 cm³/mol. The van der Waals surface area contributed by atoms with Gasteiger partial charge in [-0.2, -0.15) is 0 Å². The van der Waals surface area contributed by atoms with Crippen LogP contribution < -0.4 is 0 Å². The number of piperidine rings is 2. The van der Waals surface area contributed by atoms with Crippen LogP contribution >= 0.6 is 0 Å². The highest BCUT2D eigenvalue weighted by Crippen LogP contribution is 2.49. The summed E-state index contributed by atoms with van der Waals surface area (Å²) in [4.78, 5) is 24.3. The molecule has 1 aliphatic carbocycles. The molecule has 2 saturated heterocycles. The molecule has 2 heterocycles. The first-order valence-electron chi connectivity index (χ1n) is 5.39. The largest absolute Gasteiger partial charge is 0.479 e. The Morgan fingerprint density at radius 2 is 2.25 bits per heavy atom. The first kappa shape index (κ1) is 11.0. The van der Waals surface area contributed by atoms with Gasteiger partial charge in [0.15, 0.2) is 0 Å². The number of ether oxygens (including phenoxy) is 1. The third-order valence-corrected chi connectivity index (χ3v) is 3.47. The van der Waals surface area contributed by atoms with Crippen molar-refractivity contribution in [1.29, 1.82) is 0 Å². The van der Waals surface area contributed by atoms with Gasteiger partial charge in [0.25, 0.3) is 0 Å². The van der Waals surface area contributed by atoms with Gasteiger partial charge in [0.2, 0.25) is 0 Å². The van der Waals surface area contributed by atoms with Crippen LogP contribution in [0.5, 0.6) is 0 Å². The summed E-state index contributed by atoms with van der Waals surface area (Å²) in [7, 11) is 0. The topological polar surface area (TPSA) is 66.8 Å². The summed E-state index contributed by atoms with van der Waals surface area (Å²) in [5.41, 5.74) is -0.999. The minimum atomic E-state index is -0.999. The Labute approximate surface area is 93.7 Å². The summed E-state index contributed by atoms with van der Waals surface area (Å²) in [6.07, 6.45) is 2.93. The molecule has 2 bridgehead atoms. The molecule has 1 N–H and O–H groups in total. The molecule has 0 radical (unpaired) electrons. The Kier molecular flexibility index (Phi) is 2.61. The highest BCUT2D eigenvalue weighted by atomic mass is 16.6. The molecule has 0 aromatic carbocycles. The number of fused-ring (bicyclic) bond motifs is 2. The lowest BCUT2D eigenvalue weighted by atomic mass is 9.63. The maximum atomic E-state index is 11.7. The lowest BCUT2D eigenvalue weighted by Gasteiger charge is -2.55. The minimum absolute atomic E-state index is 0.120. The Bertz CT molecular complexity index is 333. The van der Waals surface area contributed by atoms with E-state index in [0.29, 0.717) is 25.3 Å². The van der Waals surface area contributed by atoms with E-state index in [1.165, 1.54) is 11.0 Å². The molecule has 3 fully saturated rings. The molecule has 1 amide bonds. The second-order valence-electron chi connectivity index (χ2n) is 4.42. The highest BCUT2D eigenvalue weighted by Gasteiger charge is 2.59. The average Bonchev–Trinajstić information content (AvgIpc) is 2.24. The van der Waals surface area contributed by atoms with Crippen LogP contribution in [0.4, 0.5) is 4.79 Å². The number of hydrogen-bond acceptors (Lipinski definition) is 3. The van der Waals surface area contributed by atoms with Crippen molar-refractivity contribution in [2.75, 3.05) is 13.2 Å². The molecule has 3 rings (SSSR count). The Morgan fingerprint density at radius 3 is 2.81 bits per heavy atom. The molecule has 1 saturated carbocycles. The fourth-order valence-electron chi connectivity index (χ4n) is 2.61. The van der Waals surface area contributed by atoms with Gasteiger partial charge >= 0.3 is 12.1 Å². The van der Waals surface area contributed by atoms with Crippen molar-refractivity contribution >= 4 is 12.1 Å². The van der Waals surface area contributed by atoms with Crippen molar-refractivity contribution in [2.45, 2.75) is 24.8 Å². The number of carboxylic acids is 1. The van der Waals surface area contributed by atoms with E-state index in [-0.39, 0.29) is 6.61 Å². The third kappa shape index (κ3) is 1.47.